The molecule has 20 heavy (non-hydrogen) atoms. The summed E-state index contributed by atoms with van der Waals surface area (Å²) in [6.07, 6.45) is 0. The quantitative estimate of drug-likeness (QED) is 0.863. The molecule has 0 heterocycles. The van der Waals surface area contributed by atoms with Gasteiger partial charge in [-0.05, 0) is 36.8 Å². The first kappa shape index (κ1) is 14.7. The Morgan fingerprint density at radius 3 is 2.30 bits per heavy atom. The van der Waals surface area contributed by atoms with Gasteiger partial charge in [0.15, 0.2) is 0 Å². The van der Waals surface area contributed by atoms with E-state index < -0.39 is 0 Å². The Morgan fingerprint density at radius 1 is 1.00 bits per heavy atom. The van der Waals surface area contributed by atoms with E-state index in [1.54, 1.807) is 14.2 Å². The van der Waals surface area contributed by atoms with E-state index in [1.807, 2.05) is 30.3 Å². The Balaban J connectivity index is 2.18. The molecule has 2 aromatic carbocycles. The summed E-state index contributed by atoms with van der Waals surface area (Å²) in [5, 5.41) is 3.45. The summed E-state index contributed by atoms with van der Waals surface area (Å²) in [4.78, 5) is 0. The largest absolute Gasteiger partial charge is 0.497 e. The third-order valence-electron chi connectivity index (χ3n) is 3.15. The van der Waals surface area contributed by atoms with Gasteiger partial charge in [-0.3, -0.25) is 0 Å². The normalized spacial score (nSPS) is 11.8. The molecule has 2 aromatic rings. The summed E-state index contributed by atoms with van der Waals surface area (Å²) in [5.74, 6) is 1.55. The van der Waals surface area contributed by atoms with Crippen molar-refractivity contribution in [3.63, 3.8) is 0 Å². The Labute approximate surface area is 128 Å². The molecule has 0 bridgehead atoms. The van der Waals surface area contributed by atoms with Crippen LogP contribution in [-0.4, -0.2) is 14.2 Å². The van der Waals surface area contributed by atoms with Crippen molar-refractivity contribution in [1.82, 2.24) is 0 Å². The van der Waals surface area contributed by atoms with Gasteiger partial charge in [-0.1, -0.05) is 28.1 Å². The minimum absolute atomic E-state index is 0.186. The molecule has 0 saturated carbocycles. The highest BCUT2D eigenvalue weighted by Crippen LogP contribution is 2.31. The van der Waals surface area contributed by atoms with Gasteiger partial charge in [0.05, 0.1) is 19.9 Å². The number of halogens is 1. The van der Waals surface area contributed by atoms with Crippen molar-refractivity contribution >= 4 is 21.6 Å². The summed E-state index contributed by atoms with van der Waals surface area (Å²) >= 11 is 3.45. The van der Waals surface area contributed by atoms with Crippen LogP contribution in [0.5, 0.6) is 11.5 Å². The zero-order valence-corrected chi connectivity index (χ0v) is 13.4. The number of hydrogen-bond donors (Lipinski definition) is 1. The molecule has 0 aliphatic rings. The molecule has 0 aliphatic heterocycles. The fraction of sp³-hybridized carbons (Fsp3) is 0.250. The minimum Gasteiger partial charge on any atom is -0.497 e. The third kappa shape index (κ3) is 3.45. The SMILES string of the molecule is COc1ccc(NC(C)c2ccc(Br)cc2)c(OC)c1. The fourth-order valence-corrected chi connectivity index (χ4v) is 2.25. The second-order valence-electron chi connectivity index (χ2n) is 4.48. The molecule has 106 valence electrons. The molecular weight excluding hydrogens is 318 g/mol. The van der Waals surface area contributed by atoms with Crippen LogP contribution in [0.2, 0.25) is 0 Å². The molecule has 1 atom stereocenters. The molecule has 0 aromatic heterocycles. The lowest BCUT2D eigenvalue weighted by atomic mass is 10.1. The van der Waals surface area contributed by atoms with Crippen LogP contribution in [0.4, 0.5) is 5.69 Å². The van der Waals surface area contributed by atoms with Gasteiger partial charge >= 0.3 is 0 Å². The molecule has 0 saturated heterocycles. The predicted molar refractivity (Wildman–Crippen MR) is 85.7 cm³/mol. The average Bonchev–Trinajstić information content (AvgIpc) is 2.48. The standard InChI is InChI=1S/C16H18BrNO2/c1-11(12-4-6-13(17)7-5-12)18-15-9-8-14(19-2)10-16(15)20-3/h4-11,18H,1-3H3. The lowest BCUT2D eigenvalue weighted by molar-refractivity contribution is 0.395. The monoisotopic (exact) mass is 335 g/mol. The van der Waals surface area contributed by atoms with Gasteiger partial charge in [0, 0.05) is 16.6 Å². The van der Waals surface area contributed by atoms with Crippen LogP contribution >= 0.6 is 15.9 Å². The van der Waals surface area contributed by atoms with Crippen molar-refractivity contribution in [2.24, 2.45) is 0 Å². The third-order valence-corrected chi connectivity index (χ3v) is 3.68. The second kappa shape index (κ2) is 6.66. The van der Waals surface area contributed by atoms with Crippen LogP contribution < -0.4 is 14.8 Å². The highest BCUT2D eigenvalue weighted by atomic mass is 79.9. The molecule has 0 amide bonds. The molecule has 0 radical (unpaired) electrons. The Kier molecular flexibility index (Phi) is 4.90. The van der Waals surface area contributed by atoms with Gasteiger partial charge in [-0.2, -0.15) is 0 Å². The van der Waals surface area contributed by atoms with E-state index in [9.17, 15) is 0 Å². The maximum Gasteiger partial charge on any atom is 0.145 e. The number of anilines is 1. The topological polar surface area (TPSA) is 30.5 Å². The molecule has 1 N–H and O–H groups in total. The zero-order chi connectivity index (χ0) is 14.5. The van der Waals surface area contributed by atoms with E-state index in [4.69, 9.17) is 9.47 Å². The summed E-state index contributed by atoms with van der Waals surface area (Å²) in [6, 6.07) is 14.2. The van der Waals surface area contributed by atoms with E-state index >= 15 is 0 Å². The van der Waals surface area contributed by atoms with Crippen LogP contribution in [-0.2, 0) is 0 Å². The first-order valence-electron chi connectivity index (χ1n) is 6.38. The van der Waals surface area contributed by atoms with E-state index in [-0.39, 0.29) is 6.04 Å². The van der Waals surface area contributed by atoms with Gasteiger partial charge in [0.1, 0.15) is 11.5 Å². The van der Waals surface area contributed by atoms with Gasteiger partial charge in [0.25, 0.3) is 0 Å². The number of nitrogens with one attached hydrogen (secondary N) is 1. The van der Waals surface area contributed by atoms with Crippen molar-refractivity contribution in [3.8, 4) is 11.5 Å². The van der Waals surface area contributed by atoms with Gasteiger partial charge in [-0.15, -0.1) is 0 Å². The highest BCUT2D eigenvalue weighted by Gasteiger charge is 2.10. The first-order chi connectivity index (χ1) is 9.63. The molecule has 0 spiro atoms. The molecule has 4 heteroatoms. The maximum absolute atomic E-state index is 5.39. The average molecular weight is 336 g/mol. The molecule has 0 aliphatic carbocycles. The number of rotatable bonds is 5. The van der Waals surface area contributed by atoms with E-state index in [1.165, 1.54) is 5.56 Å². The van der Waals surface area contributed by atoms with Crippen LogP contribution in [0.3, 0.4) is 0 Å². The van der Waals surface area contributed by atoms with E-state index in [2.05, 4.69) is 40.3 Å². The zero-order valence-electron chi connectivity index (χ0n) is 11.8. The van der Waals surface area contributed by atoms with Crippen molar-refractivity contribution in [2.75, 3.05) is 19.5 Å². The van der Waals surface area contributed by atoms with Crippen LogP contribution in [0.25, 0.3) is 0 Å². The number of hydrogen-bond acceptors (Lipinski definition) is 3. The molecule has 2 rings (SSSR count). The number of methoxy groups -OCH3 is 2. The summed E-state index contributed by atoms with van der Waals surface area (Å²) < 4.78 is 11.7. The first-order valence-corrected chi connectivity index (χ1v) is 7.17. The van der Waals surface area contributed by atoms with Crippen molar-refractivity contribution in [2.45, 2.75) is 13.0 Å². The molecule has 0 fully saturated rings. The second-order valence-corrected chi connectivity index (χ2v) is 5.40. The fourth-order valence-electron chi connectivity index (χ4n) is 1.99. The summed E-state index contributed by atoms with van der Waals surface area (Å²) in [6.45, 7) is 2.12. The van der Waals surface area contributed by atoms with Crippen molar-refractivity contribution < 1.29 is 9.47 Å². The van der Waals surface area contributed by atoms with Crippen LogP contribution in [0.15, 0.2) is 46.9 Å². The summed E-state index contributed by atoms with van der Waals surface area (Å²) in [7, 11) is 3.30. The lowest BCUT2D eigenvalue weighted by Crippen LogP contribution is -2.07. The van der Waals surface area contributed by atoms with Gasteiger partial charge < -0.3 is 14.8 Å². The van der Waals surface area contributed by atoms with E-state index in [0.29, 0.717) is 0 Å². The van der Waals surface area contributed by atoms with Crippen molar-refractivity contribution in [1.29, 1.82) is 0 Å². The predicted octanol–water partition coefficient (Wildman–Crippen LogP) is 4.64. The van der Waals surface area contributed by atoms with Gasteiger partial charge in [-0.25, -0.2) is 0 Å². The minimum atomic E-state index is 0.186. The number of benzene rings is 2. The lowest BCUT2D eigenvalue weighted by Gasteiger charge is -2.18. The maximum atomic E-state index is 5.39. The Bertz CT molecular complexity index is 569. The van der Waals surface area contributed by atoms with Gasteiger partial charge in [0.2, 0.25) is 0 Å². The smallest absolute Gasteiger partial charge is 0.145 e. The summed E-state index contributed by atoms with van der Waals surface area (Å²) in [5.41, 5.74) is 2.16. The van der Waals surface area contributed by atoms with Crippen molar-refractivity contribution in [3.05, 3.63) is 52.5 Å². The van der Waals surface area contributed by atoms with Crippen LogP contribution in [0, 0.1) is 0 Å². The molecule has 3 nitrogen and oxygen atoms in total. The van der Waals surface area contributed by atoms with E-state index in [0.717, 1.165) is 21.7 Å². The Hall–Kier alpha value is -1.68. The van der Waals surface area contributed by atoms with Crippen LogP contribution in [0.1, 0.15) is 18.5 Å². The molecular formula is C16H18BrNO2. The Morgan fingerprint density at radius 2 is 1.70 bits per heavy atom. The highest BCUT2D eigenvalue weighted by molar-refractivity contribution is 9.10. The number of ether oxygens (including phenoxy) is 2. The molecule has 1 unspecified atom stereocenters.